The van der Waals surface area contributed by atoms with Crippen molar-refractivity contribution in [3.8, 4) is 5.75 Å². The summed E-state index contributed by atoms with van der Waals surface area (Å²) in [4.78, 5) is 15.1. The number of carbonyl (C=O) groups excluding carboxylic acids is 1. The van der Waals surface area contributed by atoms with Crippen molar-refractivity contribution in [2.75, 3.05) is 43.4 Å². The molecule has 1 atom stereocenters. The van der Waals surface area contributed by atoms with Gasteiger partial charge in [-0.05, 0) is 23.3 Å². The molecule has 31 heavy (non-hydrogen) atoms. The summed E-state index contributed by atoms with van der Waals surface area (Å²) in [5, 5.41) is 2.88. The van der Waals surface area contributed by atoms with Crippen LogP contribution >= 0.6 is 0 Å². The molecule has 0 bridgehead atoms. The van der Waals surface area contributed by atoms with Crippen LogP contribution in [0.15, 0.2) is 48.5 Å². The molecule has 1 N–H and O–H groups in total. The van der Waals surface area contributed by atoms with E-state index in [2.05, 4.69) is 22.3 Å². The largest absolute Gasteiger partial charge is 0.476 e. The minimum atomic E-state index is -3.53. The zero-order valence-corrected chi connectivity index (χ0v) is 18.3. The fraction of sp³-hybridized carbons (Fsp3) is 0.409. The number of rotatable bonds is 6. The Hall–Kier alpha value is -2.62. The van der Waals surface area contributed by atoms with Gasteiger partial charge in [0.15, 0.2) is 6.10 Å². The maximum Gasteiger partial charge on any atom is 0.263 e. The number of nitrogens with one attached hydrogen (secondary N) is 1. The molecular weight excluding hydrogens is 418 g/mol. The van der Waals surface area contributed by atoms with Crippen LogP contribution in [0.3, 0.4) is 0 Å². The van der Waals surface area contributed by atoms with Gasteiger partial charge in [0.05, 0.1) is 31.7 Å². The third-order valence-electron chi connectivity index (χ3n) is 5.40. The number of carbonyl (C=O) groups is 1. The van der Waals surface area contributed by atoms with E-state index < -0.39 is 16.1 Å². The lowest BCUT2D eigenvalue weighted by Gasteiger charge is -2.33. The van der Waals surface area contributed by atoms with E-state index in [0.717, 1.165) is 44.7 Å². The van der Waals surface area contributed by atoms with Crippen molar-refractivity contribution in [2.24, 2.45) is 0 Å². The molecule has 1 amide bonds. The van der Waals surface area contributed by atoms with Crippen molar-refractivity contribution in [2.45, 2.75) is 19.2 Å². The number of nitrogens with zero attached hydrogens (tertiary/aromatic N) is 2. The fourth-order valence-electron chi connectivity index (χ4n) is 3.81. The van der Waals surface area contributed by atoms with E-state index in [1.54, 1.807) is 24.3 Å². The van der Waals surface area contributed by atoms with Crippen LogP contribution in [0.25, 0.3) is 0 Å². The van der Waals surface area contributed by atoms with Gasteiger partial charge in [0.1, 0.15) is 5.75 Å². The van der Waals surface area contributed by atoms with E-state index in [-0.39, 0.29) is 12.5 Å². The van der Waals surface area contributed by atoms with Crippen LogP contribution in [0, 0.1) is 0 Å². The predicted octanol–water partition coefficient (Wildman–Crippen LogP) is 1.36. The van der Waals surface area contributed by atoms with Gasteiger partial charge >= 0.3 is 0 Å². The van der Waals surface area contributed by atoms with Crippen LogP contribution in [0.2, 0.25) is 0 Å². The molecule has 0 aliphatic carbocycles. The van der Waals surface area contributed by atoms with E-state index in [9.17, 15) is 13.2 Å². The van der Waals surface area contributed by atoms with Gasteiger partial charge in [-0.25, -0.2) is 8.42 Å². The lowest BCUT2D eigenvalue weighted by molar-refractivity contribution is -0.127. The van der Waals surface area contributed by atoms with Crippen LogP contribution in [-0.2, 0) is 32.6 Å². The second-order valence-corrected chi connectivity index (χ2v) is 9.70. The number of sulfonamides is 1. The first kappa shape index (κ1) is 21.6. The summed E-state index contributed by atoms with van der Waals surface area (Å²) in [5.41, 5.74) is 2.61. The fourth-order valence-corrected chi connectivity index (χ4v) is 4.73. The number of para-hydroxylation sites is 2. The Bertz CT molecular complexity index is 1040. The molecule has 9 heteroatoms. The molecule has 0 unspecified atom stereocenters. The minimum absolute atomic E-state index is 0.0568. The first-order chi connectivity index (χ1) is 14.9. The average Bonchev–Trinajstić information content (AvgIpc) is 2.77. The number of amides is 1. The molecule has 1 saturated heterocycles. The van der Waals surface area contributed by atoms with Gasteiger partial charge in [-0.15, -0.1) is 0 Å². The first-order valence-electron chi connectivity index (χ1n) is 10.3. The van der Waals surface area contributed by atoms with Crippen LogP contribution < -0.4 is 14.4 Å². The summed E-state index contributed by atoms with van der Waals surface area (Å²) in [5.74, 6) is 0.0357. The molecule has 2 aromatic rings. The second-order valence-electron chi connectivity index (χ2n) is 7.79. The van der Waals surface area contributed by atoms with Gasteiger partial charge in [-0.3, -0.25) is 14.0 Å². The SMILES string of the molecule is CS(=O)(=O)N1C[C@@H](C(=O)NCc2cccc(CN3CCOCC3)c2)Oc2ccccc21. The Labute approximate surface area is 182 Å². The minimum Gasteiger partial charge on any atom is -0.476 e. The number of fused-ring (bicyclic) bond motifs is 1. The molecule has 0 saturated carbocycles. The molecule has 1 fully saturated rings. The molecule has 2 aliphatic rings. The van der Waals surface area contributed by atoms with Gasteiger partial charge in [0.25, 0.3) is 5.91 Å². The Kier molecular flexibility index (Phi) is 6.45. The number of ether oxygens (including phenoxy) is 2. The van der Waals surface area contributed by atoms with E-state index in [1.807, 2.05) is 12.1 Å². The highest BCUT2D eigenvalue weighted by molar-refractivity contribution is 7.92. The van der Waals surface area contributed by atoms with Crippen molar-refractivity contribution >= 4 is 21.6 Å². The molecule has 0 radical (unpaired) electrons. The molecule has 4 rings (SSSR count). The molecule has 2 heterocycles. The van der Waals surface area contributed by atoms with Crippen LogP contribution in [0.5, 0.6) is 5.75 Å². The van der Waals surface area contributed by atoms with E-state index in [1.165, 1.54) is 9.87 Å². The lowest BCUT2D eigenvalue weighted by atomic mass is 10.1. The van der Waals surface area contributed by atoms with Crippen molar-refractivity contribution in [3.05, 3.63) is 59.7 Å². The summed E-state index contributed by atoms with van der Waals surface area (Å²) in [6.45, 7) is 4.47. The molecule has 166 valence electrons. The van der Waals surface area contributed by atoms with Gasteiger partial charge in [0, 0.05) is 26.2 Å². The maximum absolute atomic E-state index is 12.8. The Morgan fingerprint density at radius 2 is 1.84 bits per heavy atom. The topological polar surface area (TPSA) is 88.2 Å². The van der Waals surface area contributed by atoms with Gasteiger partial charge < -0.3 is 14.8 Å². The molecule has 8 nitrogen and oxygen atoms in total. The summed E-state index contributed by atoms with van der Waals surface area (Å²) in [6, 6.07) is 14.9. The molecule has 2 aromatic carbocycles. The highest BCUT2D eigenvalue weighted by Gasteiger charge is 2.34. The number of morpholine rings is 1. The van der Waals surface area contributed by atoms with Crippen molar-refractivity contribution in [1.29, 1.82) is 0 Å². The zero-order chi connectivity index (χ0) is 21.8. The highest BCUT2D eigenvalue weighted by Crippen LogP contribution is 2.34. The van der Waals surface area contributed by atoms with Crippen molar-refractivity contribution in [1.82, 2.24) is 10.2 Å². The van der Waals surface area contributed by atoms with Gasteiger partial charge in [-0.1, -0.05) is 36.4 Å². The second kappa shape index (κ2) is 9.25. The van der Waals surface area contributed by atoms with Crippen LogP contribution in [0.1, 0.15) is 11.1 Å². The number of hydrogen-bond acceptors (Lipinski definition) is 6. The normalized spacial score (nSPS) is 19.4. The summed E-state index contributed by atoms with van der Waals surface area (Å²) in [7, 11) is -3.53. The highest BCUT2D eigenvalue weighted by atomic mass is 32.2. The Morgan fingerprint density at radius 3 is 2.61 bits per heavy atom. The molecule has 2 aliphatic heterocycles. The van der Waals surface area contributed by atoms with Crippen LogP contribution in [0.4, 0.5) is 5.69 Å². The van der Waals surface area contributed by atoms with Crippen LogP contribution in [-0.4, -0.2) is 64.4 Å². The molecular formula is C22H27N3O5S. The smallest absolute Gasteiger partial charge is 0.263 e. The van der Waals surface area contributed by atoms with Gasteiger partial charge in [0.2, 0.25) is 10.0 Å². The Balaban J connectivity index is 1.39. The zero-order valence-electron chi connectivity index (χ0n) is 17.5. The summed E-state index contributed by atoms with van der Waals surface area (Å²) < 4.78 is 36.9. The molecule has 0 spiro atoms. The average molecular weight is 446 g/mol. The monoisotopic (exact) mass is 445 g/mol. The summed E-state index contributed by atoms with van der Waals surface area (Å²) in [6.07, 6.45) is 0.213. The van der Waals surface area contributed by atoms with Gasteiger partial charge in [-0.2, -0.15) is 0 Å². The predicted molar refractivity (Wildman–Crippen MR) is 117 cm³/mol. The van der Waals surface area contributed by atoms with E-state index >= 15 is 0 Å². The summed E-state index contributed by atoms with van der Waals surface area (Å²) >= 11 is 0. The molecule has 0 aromatic heterocycles. The third-order valence-corrected chi connectivity index (χ3v) is 6.54. The third kappa shape index (κ3) is 5.36. The van der Waals surface area contributed by atoms with Crippen molar-refractivity contribution in [3.63, 3.8) is 0 Å². The lowest BCUT2D eigenvalue weighted by Crippen LogP contribution is -2.50. The Morgan fingerprint density at radius 1 is 1.10 bits per heavy atom. The number of hydrogen-bond donors (Lipinski definition) is 1. The quantitative estimate of drug-likeness (QED) is 0.723. The van der Waals surface area contributed by atoms with Crippen molar-refractivity contribution < 1.29 is 22.7 Å². The maximum atomic E-state index is 12.8. The van der Waals surface area contributed by atoms with E-state index in [0.29, 0.717) is 18.0 Å². The number of benzene rings is 2. The first-order valence-corrected chi connectivity index (χ1v) is 12.1. The standard InChI is InChI=1S/C22H27N3O5S/c1-31(27,28)25-16-21(30-20-8-3-2-7-19(20)25)22(26)23-14-17-5-4-6-18(13-17)15-24-9-11-29-12-10-24/h2-8,13,21H,9-12,14-16H2,1H3,(H,23,26)/t21-/m0/s1. The van der Waals surface area contributed by atoms with E-state index in [4.69, 9.17) is 9.47 Å². The number of anilines is 1.